The Morgan fingerprint density at radius 1 is 0.949 bits per heavy atom. The van der Waals surface area contributed by atoms with Crippen LogP contribution in [-0.2, 0) is 9.59 Å². The zero-order valence-corrected chi connectivity index (χ0v) is 23.0. The van der Waals surface area contributed by atoms with Crippen molar-refractivity contribution in [1.82, 2.24) is 19.2 Å². The number of nitrogens with zero attached hydrogens (tertiary/aromatic N) is 4. The van der Waals surface area contributed by atoms with Crippen LogP contribution in [0.3, 0.4) is 0 Å². The molecule has 3 heterocycles. The summed E-state index contributed by atoms with van der Waals surface area (Å²) in [4.78, 5) is 57.4. The minimum atomic E-state index is -0.536. The predicted molar refractivity (Wildman–Crippen MR) is 153 cm³/mol. The smallest absolute Gasteiger partial charge is 0.294 e. The van der Waals surface area contributed by atoms with Gasteiger partial charge in [-0.1, -0.05) is 18.2 Å². The third-order valence-electron chi connectivity index (χ3n) is 6.80. The Labute approximate surface area is 229 Å². The van der Waals surface area contributed by atoms with Crippen LogP contribution in [0.2, 0.25) is 0 Å². The van der Waals surface area contributed by atoms with Crippen molar-refractivity contribution in [2.24, 2.45) is 0 Å². The van der Waals surface area contributed by atoms with E-state index in [-0.39, 0.29) is 17.0 Å². The first-order valence-corrected chi connectivity index (χ1v) is 13.2. The van der Waals surface area contributed by atoms with Gasteiger partial charge < -0.3 is 5.32 Å². The number of carbonyl (C=O) groups is 3. The second-order valence-electron chi connectivity index (χ2n) is 9.55. The van der Waals surface area contributed by atoms with Crippen LogP contribution in [0.15, 0.2) is 58.2 Å². The Balaban J connectivity index is 1.41. The van der Waals surface area contributed by atoms with Gasteiger partial charge in [-0.05, 0) is 99.5 Å². The highest BCUT2D eigenvalue weighted by Crippen LogP contribution is 2.33. The first kappa shape index (κ1) is 26.2. The molecule has 1 N–H and O–H groups in total. The minimum absolute atomic E-state index is 0.207. The van der Waals surface area contributed by atoms with Gasteiger partial charge in [0.05, 0.1) is 15.8 Å². The predicted octanol–water partition coefficient (Wildman–Crippen LogP) is 4.73. The van der Waals surface area contributed by atoms with E-state index >= 15 is 0 Å². The van der Waals surface area contributed by atoms with Crippen molar-refractivity contribution in [2.75, 3.05) is 11.9 Å². The lowest BCUT2D eigenvalue weighted by Crippen LogP contribution is -2.36. The number of aromatic nitrogens is 3. The molecule has 0 unspecified atom stereocenters. The molecule has 0 aliphatic carbocycles. The molecule has 1 fully saturated rings. The van der Waals surface area contributed by atoms with E-state index in [4.69, 9.17) is 0 Å². The molecule has 0 spiro atoms. The minimum Gasteiger partial charge on any atom is -0.325 e. The van der Waals surface area contributed by atoms with Crippen molar-refractivity contribution in [3.05, 3.63) is 97.7 Å². The average Bonchev–Trinajstić information content (AvgIpc) is 3.30. The van der Waals surface area contributed by atoms with Crippen LogP contribution >= 0.6 is 11.8 Å². The number of anilines is 1. The largest absolute Gasteiger partial charge is 0.325 e. The third-order valence-corrected chi connectivity index (χ3v) is 7.71. The molecule has 0 bridgehead atoms. The maximum absolute atomic E-state index is 13.4. The molecular weight excluding hydrogens is 514 g/mol. The van der Waals surface area contributed by atoms with E-state index in [1.54, 1.807) is 41.9 Å². The standard InChI is InChI=1S/C29H27N5O4S/c1-16-10-11-22(12-17(16)2)31-26(35)15-32-28(37)25(39-29(32)38)14-21-13-18(3)33(19(21)4)34-20(5)30-24-9-7-6-8-23(24)27(34)36/h6-14H,15H2,1-5H3,(H,31,35). The molecule has 10 heteroatoms. The number of nitrogens with one attached hydrogen (secondary N) is 1. The SMILES string of the molecule is Cc1ccc(NC(=O)CN2C(=O)SC(=Cc3cc(C)n(-n4c(C)nc5ccccc5c4=O)c3C)C2=O)cc1C. The Morgan fingerprint density at radius 3 is 2.44 bits per heavy atom. The number of para-hydroxylation sites is 1. The van der Waals surface area contributed by atoms with Gasteiger partial charge in [0.2, 0.25) is 5.91 Å². The summed E-state index contributed by atoms with van der Waals surface area (Å²) in [7, 11) is 0. The second-order valence-corrected chi connectivity index (χ2v) is 10.5. The Kier molecular flexibility index (Phi) is 6.73. The van der Waals surface area contributed by atoms with Crippen molar-refractivity contribution in [1.29, 1.82) is 0 Å². The summed E-state index contributed by atoms with van der Waals surface area (Å²) in [5, 5.41) is 2.73. The number of thioether (sulfide) groups is 1. The van der Waals surface area contributed by atoms with Gasteiger partial charge in [-0.3, -0.25) is 28.8 Å². The molecule has 4 aromatic rings. The van der Waals surface area contributed by atoms with Crippen LogP contribution in [0, 0.1) is 34.6 Å². The number of imide groups is 1. The molecule has 2 aromatic carbocycles. The lowest BCUT2D eigenvalue weighted by molar-refractivity contribution is -0.127. The lowest BCUT2D eigenvalue weighted by Gasteiger charge is -2.16. The number of hydrogen-bond acceptors (Lipinski definition) is 6. The van der Waals surface area contributed by atoms with Crippen LogP contribution in [0.5, 0.6) is 0 Å². The quantitative estimate of drug-likeness (QED) is 0.366. The molecule has 1 saturated heterocycles. The van der Waals surface area contributed by atoms with Gasteiger partial charge in [-0.15, -0.1) is 0 Å². The number of hydrogen-bond donors (Lipinski definition) is 1. The summed E-state index contributed by atoms with van der Waals surface area (Å²) >= 11 is 0.786. The molecule has 3 amide bonds. The number of benzene rings is 2. The fourth-order valence-electron chi connectivity index (χ4n) is 4.64. The highest BCUT2D eigenvalue weighted by atomic mass is 32.2. The first-order valence-electron chi connectivity index (χ1n) is 12.4. The zero-order chi connectivity index (χ0) is 28.0. The number of fused-ring (bicyclic) bond motifs is 1. The monoisotopic (exact) mass is 541 g/mol. The maximum Gasteiger partial charge on any atom is 0.294 e. The fourth-order valence-corrected chi connectivity index (χ4v) is 5.47. The van der Waals surface area contributed by atoms with Crippen LogP contribution in [-0.4, -0.2) is 42.8 Å². The highest BCUT2D eigenvalue weighted by molar-refractivity contribution is 8.18. The summed E-state index contributed by atoms with van der Waals surface area (Å²) in [6.07, 6.45) is 1.62. The average molecular weight is 542 g/mol. The van der Waals surface area contributed by atoms with Crippen molar-refractivity contribution in [2.45, 2.75) is 34.6 Å². The second kappa shape index (κ2) is 10.0. The Bertz CT molecular complexity index is 1780. The topological polar surface area (TPSA) is 106 Å². The number of aryl methyl sites for hydroxylation is 4. The van der Waals surface area contributed by atoms with Crippen LogP contribution in [0.1, 0.15) is 33.9 Å². The van der Waals surface area contributed by atoms with E-state index in [9.17, 15) is 19.2 Å². The van der Waals surface area contributed by atoms with Gasteiger partial charge in [-0.2, -0.15) is 4.68 Å². The molecule has 0 atom stereocenters. The number of rotatable bonds is 5. The van der Waals surface area contributed by atoms with E-state index in [2.05, 4.69) is 10.3 Å². The van der Waals surface area contributed by atoms with Crippen molar-refractivity contribution >= 4 is 51.5 Å². The first-order chi connectivity index (χ1) is 18.5. The molecule has 9 nitrogen and oxygen atoms in total. The molecular formula is C29H27N5O4S. The Morgan fingerprint density at radius 2 is 1.69 bits per heavy atom. The van der Waals surface area contributed by atoms with E-state index in [1.807, 2.05) is 52.0 Å². The van der Waals surface area contributed by atoms with Gasteiger partial charge in [0.25, 0.3) is 16.7 Å². The molecule has 2 aromatic heterocycles. The zero-order valence-electron chi connectivity index (χ0n) is 22.2. The molecule has 5 rings (SSSR count). The van der Waals surface area contributed by atoms with Crippen molar-refractivity contribution in [3.8, 4) is 0 Å². The summed E-state index contributed by atoms with van der Waals surface area (Å²) < 4.78 is 3.26. The molecule has 0 radical (unpaired) electrons. The number of carbonyl (C=O) groups excluding carboxylic acids is 3. The van der Waals surface area contributed by atoms with Crippen molar-refractivity contribution in [3.63, 3.8) is 0 Å². The maximum atomic E-state index is 13.4. The van der Waals surface area contributed by atoms with E-state index < -0.39 is 17.1 Å². The van der Waals surface area contributed by atoms with E-state index in [0.29, 0.717) is 33.7 Å². The lowest BCUT2D eigenvalue weighted by atomic mass is 10.1. The molecule has 39 heavy (non-hydrogen) atoms. The van der Waals surface area contributed by atoms with Gasteiger partial charge in [0, 0.05) is 17.1 Å². The highest BCUT2D eigenvalue weighted by Gasteiger charge is 2.36. The Hall–Kier alpha value is -4.44. The van der Waals surface area contributed by atoms with Crippen LogP contribution in [0.4, 0.5) is 10.5 Å². The van der Waals surface area contributed by atoms with Gasteiger partial charge in [-0.25, -0.2) is 4.98 Å². The van der Waals surface area contributed by atoms with Crippen molar-refractivity contribution < 1.29 is 14.4 Å². The van der Waals surface area contributed by atoms with Gasteiger partial charge in [0.15, 0.2) is 0 Å². The fraction of sp³-hybridized carbons (Fsp3) is 0.207. The normalized spacial score (nSPS) is 14.6. The van der Waals surface area contributed by atoms with E-state index in [0.717, 1.165) is 33.5 Å². The van der Waals surface area contributed by atoms with Crippen LogP contribution in [0.25, 0.3) is 17.0 Å². The molecule has 198 valence electrons. The summed E-state index contributed by atoms with van der Waals surface area (Å²) in [5.41, 5.74) is 5.28. The summed E-state index contributed by atoms with van der Waals surface area (Å²) in [6.45, 7) is 8.99. The molecule has 1 aliphatic heterocycles. The molecule has 1 aliphatic rings. The van der Waals surface area contributed by atoms with Gasteiger partial charge in [0.1, 0.15) is 12.4 Å². The van der Waals surface area contributed by atoms with Gasteiger partial charge >= 0.3 is 0 Å². The number of amides is 3. The van der Waals surface area contributed by atoms with Crippen LogP contribution < -0.4 is 10.9 Å². The summed E-state index contributed by atoms with van der Waals surface area (Å²) in [5.74, 6) is -0.480. The van der Waals surface area contributed by atoms with E-state index in [1.165, 1.54) is 4.68 Å². The third kappa shape index (κ3) is 4.79. The molecule has 0 saturated carbocycles. The summed E-state index contributed by atoms with van der Waals surface area (Å²) in [6, 6.07) is 14.5.